The summed E-state index contributed by atoms with van der Waals surface area (Å²) in [5.74, 6) is -0.608. The molecular formula is C16H13Cl2O3P. The highest BCUT2D eigenvalue weighted by Gasteiger charge is 2.31. The summed E-state index contributed by atoms with van der Waals surface area (Å²) >= 11 is 11.7. The van der Waals surface area contributed by atoms with Gasteiger partial charge in [0, 0.05) is 10.0 Å². The average Bonchev–Trinajstić information content (AvgIpc) is 2.48. The molecule has 2 aromatic carbocycles. The Morgan fingerprint density at radius 3 is 1.77 bits per heavy atom. The zero-order chi connectivity index (χ0) is 16.2. The predicted octanol–water partition coefficient (Wildman–Crippen LogP) is 4.34. The van der Waals surface area contributed by atoms with Crippen molar-refractivity contribution in [3.05, 3.63) is 71.2 Å². The first-order valence-corrected chi connectivity index (χ1v) is 8.79. The fraction of sp³-hybridized carbons (Fsp3) is 0.0625. The second-order valence-electron chi connectivity index (χ2n) is 4.46. The number of hydrogen-bond donors (Lipinski definition) is 0. The van der Waals surface area contributed by atoms with E-state index < -0.39 is 13.3 Å². The van der Waals surface area contributed by atoms with Crippen molar-refractivity contribution < 1.29 is 13.9 Å². The molecule has 3 nitrogen and oxygen atoms in total. The molecule has 6 heteroatoms. The van der Waals surface area contributed by atoms with E-state index in [2.05, 4.69) is 6.58 Å². The van der Waals surface area contributed by atoms with Crippen LogP contribution in [-0.4, -0.2) is 5.97 Å². The van der Waals surface area contributed by atoms with Gasteiger partial charge in [-0.25, -0.2) is 0 Å². The van der Waals surface area contributed by atoms with Gasteiger partial charge >= 0.3 is 13.3 Å². The summed E-state index contributed by atoms with van der Waals surface area (Å²) in [6, 6.07) is 12.7. The van der Waals surface area contributed by atoms with E-state index >= 15 is 0 Å². The van der Waals surface area contributed by atoms with Crippen molar-refractivity contribution in [3.63, 3.8) is 0 Å². The lowest BCUT2D eigenvalue weighted by molar-refractivity contribution is -0.132. The molecule has 0 amide bonds. The zero-order valence-corrected chi connectivity index (χ0v) is 13.9. The van der Waals surface area contributed by atoms with E-state index in [4.69, 9.17) is 27.7 Å². The van der Waals surface area contributed by atoms with E-state index in [0.29, 0.717) is 20.7 Å². The van der Waals surface area contributed by atoms with Gasteiger partial charge in [0.15, 0.2) is 0 Å². The number of halogens is 2. The molecule has 0 unspecified atom stereocenters. The van der Waals surface area contributed by atoms with Crippen molar-refractivity contribution in [3.8, 4) is 0 Å². The molecule has 0 aromatic heterocycles. The maximum Gasteiger partial charge on any atom is 0.315 e. The van der Waals surface area contributed by atoms with Crippen molar-refractivity contribution in [2.24, 2.45) is 0 Å². The zero-order valence-electron chi connectivity index (χ0n) is 11.5. The van der Waals surface area contributed by atoms with E-state index in [1.165, 1.54) is 6.08 Å². The predicted molar refractivity (Wildman–Crippen MR) is 90.7 cm³/mol. The summed E-state index contributed by atoms with van der Waals surface area (Å²) in [6.07, 6.45) is 1.38. The Morgan fingerprint density at radius 2 is 1.41 bits per heavy atom. The third-order valence-electron chi connectivity index (χ3n) is 2.87. The molecule has 0 aliphatic carbocycles. The monoisotopic (exact) mass is 354 g/mol. The molecule has 0 heterocycles. The minimum atomic E-state index is -3.56. The van der Waals surface area contributed by atoms with E-state index in [0.717, 1.165) is 0 Å². The van der Waals surface area contributed by atoms with E-state index in [1.807, 2.05) is 0 Å². The van der Waals surface area contributed by atoms with Crippen LogP contribution in [-0.2, 0) is 13.9 Å². The molecule has 0 radical (unpaired) electrons. The minimum Gasteiger partial charge on any atom is -0.404 e. The van der Waals surface area contributed by atoms with Crippen LogP contribution in [0.3, 0.4) is 0 Å². The van der Waals surface area contributed by atoms with Gasteiger partial charge in [-0.05, 0) is 48.5 Å². The molecular weight excluding hydrogens is 342 g/mol. The van der Waals surface area contributed by atoms with Crippen LogP contribution in [0.5, 0.6) is 0 Å². The highest BCUT2D eigenvalue weighted by molar-refractivity contribution is 7.74. The van der Waals surface area contributed by atoms with Crippen molar-refractivity contribution in [2.45, 2.75) is 6.42 Å². The molecule has 2 aromatic rings. The molecule has 0 bridgehead atoms. The summed E-state index contributed by atoms with van der Waals surface area (Å²) in [5, 5.41) is 1.78. The van der Waals surface area contributed by atoms with Crippen molar-refractivity contribution >= 4 is 47.1 Å². The molecule has 0 atom stereocenters. The van der Waals surface area contributed by atoms with Crippen LogP contribution in [0.1, 0.15) is 6.42 Å². The fourth-order valence-corrected chi connectivity index (χ4v) is 4.03. The molecule has 0 fully saturated rings. The molecule has 0 aliphatic heterocycles. The van der Waals surface area contributed by atoms with Gasteiger partial charge in [0.25, 0.3) is 0 Å². The molecule has 22 heavy (non-hydrogen) atoms. The molecule has 0 aliphatic rings. The maximum atomic E-state index is 13.4. The number of rotatable bonds is 5. The average molecular weight is 355 g/mol. The normalized spacial score (nSPS) is 11.0. The maximum absolute atomic E-state index is 13.4. The quantitative estimate of drug-likeness (QED) is 0.592. The lowest BCUT2D eigenvalue weighted by Gasteiger charge is -2.19. The Balaban J connectivity index is 2.50. The Hall–Kier alpha value is -1.54. The van der Waals surface area contributed by atoms with Crippen LogP contribution in [0.4, 0.5) is 0 Å². The number of carbonyl (C=O) groups excluding carboxylic acids is 1. The molecule has 0 N–H and O–H groups in total. The lowest BCUT2D eigenvalue weighted by atomic mass is 10.4. The summed E-state index contributed by atoms with van der Waals surface area (Å²) < 4.78 is 18.7. The molecule has 0 saturated carbocycles. The van der Waals surface area contributed by atoms with Crippen LogP contribution < -0.4 is 10.6 Å². The van der Waals surface area contributed by atoms with E-state index in [1.54, 1.807) is 48.5 Å². The van der Waals surface area contributed by atoms with Crippen LogP contribution in [0.15, 0.2) is 61.2 Å². The van der Waals surface area contributed by atoms with Crippen LogP contribution in [0, 0.1) is 0 Å². The highest BCUT2D eigenvalue weighted by atomic mass is 35.5. The second-order valence-corrected chi connectivity index (χ2v) is 7.65. The first-order chi connectivity index (χ1) is 10.5. The van der Waals surface area contributed by atoms with E-state index in [-0.39, 0.29) is 6.42 Å². The SMILES string of the molecule is C=CCC(=O)OP(=O)(c1ccc(Cl)cc1)c1ccc(Cl)cc1. The van der Waals surface area contributed by atoms with Crippen LogP contribution >= 0.6 is 30.6 Å². The van der Waals surface area contributed by atoms with Gasteiger partial charge in [-0.1, -0.05) is 29.3 Å². The van der Waals surface area contributed by atoms with Gasteiger partial charge in [-0.3, -0.25) is 9.36 Å². The first-order valence-electron chi connectivity index (χ1n) is 6.41. The second kappa shape index (κ2) is 7.15. The number of benzene rings is 2. The molecule has 2 rings (SSSR count). The highest BCUT2D eigenvalue weighted by Crippen LogP contribution is 2.45. The Kier molecular flexibility index (Phi) is 5.47. The van der Waals surface area contributed by atoms with Gasteiger partial charge in [0.1, 0.15) is 0 Å². The third kappa shape index (κ3) is 3.80. The smallest absolute Gasteiger partial charge is 0.315 e. The summed E-state index contributed by atoms with van der Waals surface area (Å²) in [7, 11) is -3.56. The lowest BCUT2D eigenvalue weighted by Crippen LogP contribution is -2.20. The topological polar surface area (TPSA) is 43.4 Å². The van der Waals surface area contributed by atoms with Gasteiger partial charge in [0.05, 0.1) is 17.0 Å². The van der Waals surface area contributed by atoms with Crippen molar-refractivity contribution in [1.82, 2.24) is 0 Å². The summed E-state index contributed by atoms with van der Waals surface area (Å²) in [4.78, 5) is 11.8. The van der Waals surface area contributed by atoms with Crippen molar-refractivity contribution in [1.29, 1.82) is 0 Å². The first kappa shape index (κ1) is 16.8. The molecule has 0 spiro atoms. The van der Waals surface area contributed by atoms with Gasteiger partial charge in [-0.2, -0.15) is 0 Å². The Bertz CT molecular complexity index is 675. The summed E-state index contributed by atoms with van der Waals surface area (Å²) in [6.45, 7) is 3.47. The van der Waals surface area contributed by atoms with E-state index in [9.17, 15) is 9.36 Å². The fourth-order valence-electron chi connectivity index (χ4n) is 1.83. The van der Waals surface area contributed by atoms with Crippen molar-refractivity contribution in [2.75, 3.05) is 0 Å². The number of carbonyl (C=O) groups is 1. The Labute approximate surface area is 139 Å². The summed E-state index contributed by atoms with van der Waals surface area (Å²) in [5.41, 5.74) is 0. The van der Waals surface area contributed by atoms with Gasteiger partial charge < -0.3 is 4.52 Å². The van der Waals surface area contributed by atoms with Crippen LogP contribution in [0.2, 0.25) is 10.0 Å². The largest absolute Gasteiger partial charge is 0.404 e. The third-order valence-corrected chi connectivity index (χ3v) is 5.80. The van der Waals surface area contributed by atoms with Gasteiger partial charge in [0.2, 0.25) is 0 Å². The van der Waals surface area contributed by atoms with Crippen LogP contribution in [0.25, 0.3) is 0 Å². The standard InChI is InChI=1S/C16H13Cl2O3P/c1-2-3-16(19)21-22(20,14-8-4-12(17)5-9-14)15-10-6-13(18)7-11-15/h2,4-11H,1,3H2. The number of hydrogen-bond acceptors (Lipinski definition) is 3. The molecule has 114 valence electrons. The molecule has 0 saturated heterocycles. The van der Waals surface area contributed by atoms with Gasteiger partial charge in [-0.15, -0.1) is 6.58 Å². The Morgan fingerprint density at radius 1 is 1.00 bits per heavy atom. The minimum absolute atomic E-state index is 0.0226.